The number of amides is 2. The first-order chi connectivity index (χ1) is 14.9. The number of aromatic nitrogens is 2. The molecule has 0 N–H and O–H groups in total. The second kappa shape index (κ2) is 10.4. The second-order valence-electron chi connectivity index (χ2n) is 8.27. The lowest BCUT2D eigenvalue weighted by atomic mass is 10.1. The molecule has 0 bridgehead atoms. The van der Waals surface area contributed by atoms with Crippen LogP contribution in [0.15, 0.2) is 36.4 Å². The Kier molecular flexibility index (Phi) is 7.60. The van der Waals surface area contributed by atoms with E-state index in [4.69, 9.17) is 0 Å². The van der Waals surface area contributed by atoms with E-state index in [1.54, 1.807) is 4.90 Å². The lowest BCUT2D eigenvalue weighted by molar-refractivity contribution is -0.141. The largest absolute Gasteiger partial charge is 0.353 e. The Morgan fingerprint density at radius 1 is 1.03 bits per heavy atom. The van der Waals surface area contributed by atoms with Crippen molar-refractivity contribution in [3.8, 4) is 11.3 Å². The summed E-state index contributed by atoms with van der Waals surface area (Å²) in [6.45, 7) is 10.6. The van der Waals surface area contributed by atoms with Gasteiger partial charge in [0, 0.05) is 44.7 Å². The molecule has 0 aliphatic carbocycles. The number of hydrogen-bond acceptors (Lipinski definition) is 5. The molecule has 2 amide bonds. The Labute approximate surface area is 185 Å². The summed E-state index contributed by atoms with van der Waals surface area (Å²) in [5.41, 5.74) is 3.12. The molecule has 1 fully saturated rings. The maximum absolute atomic E-state index is 12.8. The quantitative estimate of drug-likeness (QED) is 0.714. The van der Waals surface area contributed by atoms with E-state index >= 15 is 0 Å². The van der Waals surface area contributed by atoms with E-state index in [1.807, 2.05) is 30.9 Å². The number of anilines is 1. The molecular weight excluding hydrogens is 390 g/mol. The van der Waals surface area contributed by atoms with Crippen LogP contribution < -0.4 is 4.90 Å². The van der Waals surface area contributed by atoms with Gasteiger partial charge in [-0.1, -0.05) is 36.8 Å². The summed E-state index contributed by atoms with van der Waals surface area (Å²) >= 11 is 0. The molecule has 2 aromatic rings. The highest BCUT2D eigenvalue weighted by molar-refractivity contribution is 5.84. The lowest BCUT2D eigenvalue weighted by Crippen LogP contribution is -2.46. The third-order valence-corrected chi connectivity index (χ3v) is 6.00. The number of hydrogen-bond donors (Lipinski definition) is 0. The van der Waals surface area contributed by atoms with Gasteiger partial charge >= 0.3 is 0 Å². The van der Waals surface area contributed by atoms with Gasteiger partial charge in [0.05, 0.1) is 12.2 Å². The van der Waals surface area contributed by atoms with E-state index in [0.717, 1.165) is 36.5 Å². The minimum Gasteiger partial charge on any atom is -0.353 e. The van der Waals surface area contributed by atoms with Crippen molar-refractivity contribution in [2.24, 2.45) is 0 Å². The third kappa shape index (κ3) is 5.81. The Morgan fingerprint density at radius 2 is 1.77 bits per heavy atom. The highest BCUT2D eigenvalue weighted by Crippen LogP contribution is 2.20. The van der Waals surface area contributed by atoms with E-state index in [2.05, 4.69) is 46.3 Å². The minimum absolute atomic E-state index is 0.0122. The summed E-state index contributed by atoms with van der Waals surface area (Å²) in [5.74, 6) is 0.788. The summed E-state index contributed by atoms with van der Waals surface area (Å²) in [5, 5.41) is 8.85. The fourth-order valence-corrected chi connectivity index (χ4v) is 3.81. The molecule has 7 nitrogen and oxygen atoms in total. The molecule has 3 rings (SSSR count). The van der Waals surface area contributed by atoms with Crippen LogP contribution in [0.25, 0.3) is 11.3 Å². The van der Waals surface area contributed by atoms with Gasteiger partial charge in [-0.05, 0) is 38.8 Å². The summed E-state index contributed by atoms with van der Waals surface area (Å²) in [6, 6.07) is 12.3. The average molecular weight is 424 g/mol. The van der Waals surface area contributed by atoms with Crippen molar-refractivity contribution in [3.05, 3.63) is 42.0 Å². The zero-order valence-corrected chi connectivity index (χ0v) is 19.0. The third-order valence-electron chi connectivity index (χ3n) is 6.00. The molecule has 1 aromatic carbocycles. The Bertz CT molecular complexity index is 882. The van der Waals surface area contributed by atoms with Crippen LogP contribution in [0.3, 0.4) is 0 Å². The van der Waals surface area contributed by atoms with Gasteiger partial charge in [0.1, 0.15) is 0 Å². The van der Waals surface area contributed by atoms with Crippen LogP contribution in [0.5, 0.6) is 0 Å². The van der Waals surface area contributed by atoms with E-state index in [0.29, 0.717) is 19.6 Å². The van der Waals surface area contributed by atoms with E-state index in [1.165, 1.54) is 12.5 Å². The summed E-state index contributed by atoms with van der Waals surface area (Å²) in [7, 11) is 0. The first kappa shape index (κ1) is 22.7. The van der Waals surface area contributed by atoms with Crippen molar-refractivity contribution >= 4 is 17.6 Å². The maximum atomic E-state index is 12.8. The lowest BCUT2D eigenvalue weighted by Gasteiger charge is -2.30. The van der Waals surface area contributed by atoms with Crippen LogP contribution in [0, 0.1) is 6.92 Å². The van der Waals surface area contributed by atoms with Gasteiger partial charge in [0.25, 0.3) is 0 Å². The standard InChI is InChI=1S/C24H33N5O2/c1-5-19(3)29(20(4)30)17-24(31)28-14-6-13-27(15-16-28)23-12-11-22(25-26-23)21-9-7-18(2)8-10-21/h7-12,19H,5-6,13-17H2,1-4H3/t19-/m0/s1. The topological polar surface area (TPSA) is 69.6 Å². The number of carbonyl (C=O) groups is 2. The van der Waals surface area contributed by atoms with E-state index in [9.17, 15) is 9.59 Å². The molecule has 1 saturated heterocycles. The number of nitrogens with zero attached hydrogens (tertiary/aromatic N) is 5. The van der Waals surface area contributed by atoms with Gasteiger partial charge in [-0.2, -0.15) is 0 Å². The van der Waals surface area contributed by atoms with Crippen LogP contribution in [0.1, 0.15) is 39.2 Å². The van der Waals surface area contributed by atoms with Gasteiger partial charge in [-0.15, -0.1) is 10.2 Å². The van der Waals surface area contributed by atoms with Crippen molar-refractivity contribution < 1.29 is 9.59 Å². The van der Waals surface area contributed by atoms with Crippen LogP contribution in [0.4, 0.5) is 5.82 Å². The maximum Gasteiger partial charge on any atom is 0.242 e. The van der Waals surface area contributed by atoms with Crippen molar-refractivity contribution in [2.45, 2.75) is 46.6 Å². The zero-order valence-electron chi connectivity index (χ0n) is 19.0. The molecule has 1 aliphatic heterocycles. The molecule has 1 aliphatic rings. The van der Waals surface area contributed by atoms with Crippen LogP contribution in [0.2, 0.25) is 0 Å². The SMILES string of the molecule is CC[C@H](C)N(CC(=O)N1CCCN(c2ccc(-c3ccc(C)cc3)nn2)CC1)C(C)=O. The summed E-state index contributed by atoms with van der Waals surface area (Å²) in [4.78, 5) is 30.5. The smallest absolute Gasteiger partial charge is 0.242 e. The Hall–Kier alpha value is -2.96. The van der Waals surface area contributed by atoms with Gasteiger partial charge in [-0.3, -0.25) is 9.59 Å². The normalized spacial score (nSPS) is 15.4. The first-order valence-electron chi connectivity index (χ1n) is 11.1. The molecule has 1 atom stereocenters. The fraction of sp³-hybridized carbons (Fsp3) is 0.500. The van der Waals surface area contributed by atoms with Crippen LogP contribution in [-0.2, 0) is 9.59 Å². The molecule has 7 heteroatoms. The number of carbonyl (C=O) groups excluding carboxylic acids is 2. The molecule has 1 aromatic heterocycles. The van der Waals surface area contributed by atoms with Gasteiger partial charge in [0.2, 0.25) is 11.8 Å². The van der Waals surface area contributed by atoms with Crippen molar-refractivity contribution in [3.63, 3.8) is 0 Å². The zero-order chi connectivity index (χ0) is 22.4. The molecule has 166 valence electrons. The highest BCUT2D eigenvalue weighted by Gasteiger charge is 2.24. The predicted molar refractivity (Wildman–Crippen MR) is 123 cm³/mol. The number of rotatable bonds is 6. The molecule has 0 unspecified atom stereocenters. The van der Waals surface area contributed by atoms with Gasteiger partial charge in [0.15, 0.2) is 5.82 Å². The Balaban J connectivity index is 1.61. The molecule has 0 saturated carbocycles. The summed E-state index contributed by atoms with van der Waals surface area (Å²) < 4.78 is 0. The first-order valence-corrected chi connectivity index (χ1v) is 11.1. The average Bonchev–Trinajstić information content (AvgIpc) is 3.04. The highest BCUT2D eigenvalue weighted by atomic mass is 16.2. The monoisotopic (exact) mass is 423 g/mol. The fourth-order valence-electron chi connectivity index (χ4n) is 3.81. The summed E-state index contributed by atoms with van der Waals surface area (Å²) in [6.07, 6.45) is 1.69. The van der Waals surface area contributed by atoms with Crippen molar-refractivity contribution in [1.29, 1.82) is 0 Å². The molecular formula is C24H33N5O2. The molecule has 0 radical (unpaired) electrons. The van der Waals surface area contributed by atoms with Crippen molar-refractivity contribution in [2.75, 3.05) is 37.6 Å². The van der Waals surface area contributed by atoms with Gasteiger partial charge < -0.3 is 14.7 Å². The van der Waals surface area contributed by atoms with Crippen LogP contribution >= 0.6 is 0 Å². The Morgan fingerprint density at radius 3 is 2.39 bits per heavy atom. The number of aryl methyl sites for hydroxylation is 1. The predicted octanol–water partition coefficient (Wildman–Crippen LogP) is 3.14. The molecule has 31 heavy (non-hydrogen) atoms. The van der Waals surface area contributed by atoms with Gasteiger partial charge in [-0.25, -0.2) is 0 Å². The molecule has 0 spiro atoms. The molecule has 2 heterocycles. The second-order valence-corrected chi connectivity index (χ2v) is 8.27. The minimum atomic E-state index is -0.0527. The van der Waals surface area contributed by atoms with E-state index < -0.39 is 0 Å². The number of benzene rings is 1. The van der Waals surface area contributed by atoms with Crippen LogP contribution in [-0.4, -0.2) is 70.6 Å². The van der Waals surface area contributed by atoms with E-state index in [-0.39, 0.29) is 24.4 Å². The van der Waals surface area contributed by atoms with Crippen molar-refractivity contribution in [1.82, 2.24) is 20.0 Å².